The first-order valence-electron chi connectivity index (χ1n) is 6.34. The lowest BCUT2D eigenvalue weighted by Crippen LogP contribution is -2.15. The Morgan fingerprint density at radius 2 is 1.78 bits per heavy atom. The molecule has 0 bridgehead atoms. The van der Waals surface area contributed by atoms with Crippen LogP contribution in [-0.2, 0) is 6.54 Å². The second-order valence-electron chi connectivity index (χ2n) is 4.18. The molecule has 0 amide bonds. The minimum Gasteiger partial charge on any atom is -0.493 e. The number of methoxy groups -OCH3 is 2. The third-order valence-electron chi connectivity index (χ3n) is 2.83. The maximum atomic E-state index is 5.30. The van der Waals surface area contributed by atoms with Gasteiger partial charge >= 0.3 is 0 Å². The fourth-order valence-corrected chi connectivity index (χ4v) is 2.22. The SMILES string of the molecule is CCCCCNCc1cc(OC)c(OC)cc1Br. The number of rotatable bonds is 8. The van der Waals surface area contributed by atoms with Crippen LogP contribution in [0.3, 0.4) is 0 Å². The van der Waals surface area contributed by atoms with Crippen LogP contribution in [0.4, 0.5) is 0 Å². The van der Waals surface area contributed by atoms with E-state index in [1.807, 2.05) is 12.1 Å². The maximum Gasteiger partial charge on any atom is 0.161 e. The number of hydrogen-bond acceptors (Lipinski definition) is 3. The van der Waals surface area contributed by atoms with Gasteiger partial charge in [-0.25, -0.2) is 0 Å². The van der Waals surface area contributed by atoms with E-state index in [4.69, 9.17) is 9.47 Å². The monoisotopic (exact) mass is 315 g/mol. The zero-order valence-corrected chi connectivity index (χ0v) is 13.0. The Labute approximate surface area is 118 Å². The van der Waals surface area contributed by atoms with Crippen LogP contribution in [0.5, 0.6) is 11.5 Å². The zero-order chi connectivity index (χ0) is 13.4. The highest BCUT2D eigenvalue weighted by atomic mass is 79.9. The molecular formula is C14H22BrNO2. The molecule has 0 heterocycles. The van der Waals surface area contributed by atoms with E-state index in [2.05, 4.69) is 28.2 Å². The van der Waals surface area contributed by atoms with Crippen molar-refractivity contribution in [2.24, 2.45) is 0 Å². The fourth-order valence-electron chi connectivity index (χ4n) is 1.75. The van der Waals surface area contributed by atoms with Gasteiger partial charge in [0.1, 0.15) is 0 Å². The number of benzene rings is 1. The highest BCUT2D eigenvalue weighted by Gasteiger charge is 2.08. The molecule has 1 aromatic rings. The Bertz CT molecular complexity index is 369. The van der Waals surface area contributed by atoms with Gasteiger partial charge in [-0.3, -0.25) is 0 Å². The van der Waals surface area contributed by atoms with Crippen molar-refractivity contribution < 1.29 is 9.47 Å². The van der Waals surface area contributed by atoms with Crippen LogP contribution < -0.4 is 14.8 Å². The van der Waals surface area contributed by atoms with Gasteiger partial charge in [0, 0.05) is 11.0 Å². The molecule has 0 radical (unpaired) electrons. The Kier molecular flexibility index (Phi) is 7.13. The first-order valence-corrected chi connectivity index (χ1v) is 7.13. The largest absolute Gasteiger partial charge is 0.493 e. The lowest BCUT2D eigenvalue weighted by Gasteiger charge is -2.12. The van der Waals surface area contributed by atoms with Crippen LogP contribution >= 0.6 is 15.9 Å². The first kappa shape index (κ1) is 15.3. The summed E-state index contributed by atoms with van der Waals surface area (Å²) in [6.07, 6.45) is 3.75. The summed E-state index contributed by atoms with van der Waals surface area (Å²) in [7, 11) is 3.30. The van der Waals surface area contributed by atoms with Crippen molar-refractivity contribution >= 4 is 15.9 Å². The number of ether oxygens (including phenoxy) is 2. The quantitative estimate of drug-likeness (QED) is 0.741. The van der Waals surface area contributed by atoms with Gasteiger partial charge < -0.3 is 14.8 Å². The summed E-state index contributed by atoms with van der Waals surface area (Å²) in [4.78, 5) is 0. The summed E-state index contributed by atoms with van der Waals surface area (Å²) in [6, 6.07) is 3.96. The summed E-state index contributed by atoms with van der Waals surface area (Å²) >= 11 is 3.56. The Morgan fingerprint density at radius 1 is 1.11 bits per heavy atom. The van der Waals surface area contributed by atoms with Crippen LogP contribution in [0.2, 0.25) is 0 Å². The van der Waals surface area contributed by atoms with E-state index in [-0.39, 0.29) is 0 Å². The molecule has 0 saturated heterocycles. The van der Waals surface area contributed by atoms with Gasteiger partial charge in [0.25, 0.3) is 0 Å². The van der Waals surface area contributed by atoms with E-state index < -0.39 is 0 Å². The van der Waals surface area contributed by atoms with E-state index in [1.54, 1.807) is 14.2 Å². The third kappa shape index (κ3) is 4.50. The van der Waals surface area contributed by atoms with Gasteiger partial charge in [0.15, 0.2) is 11.5 Å². The van der Waals surface area contributed by atoms with Gasteiger partial charge in [-0.05, 0) is 30.7 Å². The number of halogens is 1. The van der Waals surface area contributed by atoms with E-state index in [9.17, 15) is 0 Å². The summed E-state index contributed by atoms with van der Waals surface area (Å²) in [5.41, 5.74) is 1.18. The summed E-state index contributed by atoms with van der Waals surface area (Å²) < 4.78 is 11.6. The third-order valence-corrected chi connectivity index (χ3v) is 3.56. The molecule has 0 aliphatic carbocycles. The molecule has 0 unspecified atom stereocenters. The molecule has 0 saturated carbocycles. The van der Waals surface area contributed by atoms with E-state index in [0.717, 1.165) is 29.1 Å². The minimum absolute atomic E-state index is 0.749. The summed E-state index contributed by atoms with van der Waals surface area (Å²) in [5, 5.41) is 3.44. The van der Waals surface area contributed by atoms with Crippen molar-refractivity contribution in [3.8, 4) is 11.5 Å². The van der Waals surface area contributed by atoms with Crippen molar-refractivity contribution in [3.63, 3.8) is 0 Å². The summed E-state index contributed by atoms with van der Waals surface area (Å²) in [6.45, 7) is 4.10. The molecule has 1 rings (SSSR count). The topological polar surface area (TPSA) is 30.5 Å². The number of hydrogen-bond donors (Lipinski definition) is 1. The molecule has 1 N–H and O–H groups in total. The average Bonchev–Trinajstić information content (AvgIpc) is 2.39. The molecule has 102 valence electrons. The van der Waals surface area contributed by atoms with Crippen LogP contribution in [0.1, 0.15) is 31.7 Å². The molecule has 0 aliphatic rings. The predicted octanol–water partition coefficient (Wildman–Crippen LogP) is 3.75. The van der Waals surface area contributed by atoms with Crippen molar-refractivity contribution in [1.82, 2.24) is 5.32 Å². The molecule has 3 nitrogen and oxygen atoms in total. The van der Waals surface area contributed by atoms with E-state index in [1.165, 1.54) is 24.8 Å². The molecule has 0 aromatic heterocycles. The molecule has 1 aromatic carbocycles. The van der Waals surface area contributed by atoms with Crippen molar-refractivity contribution in [3.05, 3.63) is 22.2 Å². The number of nitrogens with one attached hydrogen (secondary N) is 1. The Morgan fingerprint density at radius 3 is 2.39 bits per heavy atom. The predicted molar refractivity (Wildman–Crippen MR) is 78.5 cm³/mol. The Balaban J connectivity index is 2.59. The molecule has 0 aliphatic heterocycles. The lowest BCUT2D eigenvalue weighted by molar-refractivity contribution is 0.354. The van der Waals surface area contributed by atoms with Gasteiger partial charge in [0.05, 0.1) is 14.2 Å². The van der Waals surface area contributed by atoms with Crippen LogP contribution in [0.15, 0.2) is 16.6 Å². The van der Waals surface area contributed by atoms with Crippen molar-refractivity contribution in [2.45, 2.75) is 32.7 Å². The standard InChI is InChI=1S/C14H22BrNO2/c1-4-5-6-7-16-10-11-8-13(17-2)14(18-3)9-12(11)15/h8-9,16H,4-7,10H2,1-3H3. The van der Waals surface area contributed by atoms with Crippen LogP contribution in [0.25, 0.3) is 0 Å². The molecular weight excluding hydrogens is 294 g/mol. The van der Waals surface area contributed by atoms with Crippen molar-refractivity contribution in [1.29, 1.82) is 0 Å². The average molecular weight is 316 g/mol. The maximum absolute atomic E-state index is 5.30. The highest BCUT2D eigenvalue weighted by molar-refractivity contribution is 9.10. The van der Waals surface area contributed by atoms with Crippen LogP contribution in [0, 0.1) is 0 Å². The van der Waals surface area contributed by atoms with E-state index >= 15 is 0 Å². The fraction of sp³-hybridized carbons (Fsp3) is 0.571. The van der Waals surface area contributed by atoms with Gasteiger partial charge in [-0.15, -0.1) is 0 Å². The highest BCUT2D eigenvalue weighted by Crippen LogP contribution is 2.33. The normalized spacial score (nSPS) is 10.4. The smallest absolute Gasteiger partial charge is 0.161 e. The van der Waals surface area contributed by atoms with Crippen LogP contribution in [-0.4, -0.2) is 20.8 Å². The molecule has 0 atom stereocenters. The zero-order valence-electron chi connectivity index (χ0n) is 11.4. The number of unbranched alkanes of at least 4 members (excludes halogenated alkanes) is 2. The van der Waals surface area contributed by atoms with Crippen molar-refractivity contribution in [2.75, 3.05) is 20.8 Å². The van der Waals surface area contributed by atoms with E-state index in [0.29, 0.717) is 0 Å². The second kappa shape index (κ2) is 8.38. The second-order valence-corrected chi connectivity index (χ2v) is 5.04. The molecule has 0 fully saturated rings. The first-order chi connectivity index (χ1) is 8.72. The Hall–Kier alpha value is -0.740. The minimum atomic E-state index is 0.749. The summed E-state index contributed by atoms with van der Waals surface area (Å²) in [5.74, 6) is 1.52. The van der Waals surface area contributed by atoms with Gasteiger partial charge in [-0.2, -0.15) is 0 Å². The molecule has 0 spiro atoms. The molecule has 4 heteroatoms. The van der Waals surface area contributed by atoms with Gasteiger partial charge in [0.2, 0.25) is 0 Å². The van der Waals surface area contributed by atoms with Gasteiger partial charge in [-0.1, -0.05) is 35.7 Å². The lowest BCUT2D eigenvalue weighted by atomic mass is 10.2. The molecule has 18 heavy (non-hydrogen) atoms.